The minimum atomic E-state index is -4.34. The van der Waals surface area contributed by atoms with Gasteiger partial charge in [-0.25, -0.2) is 4.79 Å². The molecule has 2 aromatic rings. The van der Waals surface area contributed by atoms with Crippen molar-refractivity contribution in [1.29, 1.82) is 0 Å². The van der Waals surface area contributed by atoms with Gasteiger partial charge in [-0.1, -0.05) is 18.2 Å². The first-order valence-corrected chi connectivity index (χ1v) is 9.89. The predicted octanol–water partition coefficient (Wildman–Crippen LogP) is 3.80. The zero-order valence-corrected chi connectivity index (χ0v) is 17.4. The van der Waals surface area contributed by atoms with Crippen LogP contribution in [-0.2, 0) is 12.7 Å². The molecule has 3 rings (SSSR count). The fraction of sp³-hybridized carbons (Fsp3) is 0.364. The van der Waals surface area contributed by atoms with E-state index in [1.54, 1.807) is 38.4 Å². The summed E-state index contributed by atoms with van der Waals surface area (Å²) in [5.41, 5.74) is 1.13. The SMILES string of the molecule is CN(C)C(=O)c1cccc(NC(=O)NC2CCN(Cc3ccc(C(F)(F)F)cc3)C2)c1. The lowest BCUT2D eigenvalue weighted by molar-refractivity contribution is -0.137. The Morgan fingerprint density at radius 3 is 2.48 bits per heavy atom. The third kappa shape index (κ3) is 6.21. The maximum atomic E-state index is 12.7. The van der Waals surface area contributed by atoms with Crippen molar-refractivity contribution in [2.24, 2.45) is 0 Å². The van der Waals surface area contributed by atoms with Gasteiger partial charge in [0, 0.05) is 51.0 Å². The molecule has 1 aliphatic rings. The number of hydrogen-bond acceptors (Lipinski definition) is 3. The summed E-state index contributed by atoms with van der Waals surface area (Å²) in [6.45, 7) is 1.86. The molecule has 9 heteroatoms. The van der Waals surface area contributed by atoms with Gasteiger partial charge in [0.2, 0.25) is 0 Å². The van der Waals surface area contributed by atoms with Crippen LogP contribution in [0.25, 0.3) is 0 Å². The molecule has 6 nitrogen and oxygen atoms in total. The molecule has 166 valence electrons. The Morgan fingerprint density at radius 2 is 1.84 bits per heavy atom. The number of nitrogens with zero attached hydrogens (tertiary/aromatic N) is 2. The highest BCUT2D eigenvalue weighted by Crippen LogP contribution is 2.29. The van der Waals surface area contributed by atoms with Crippen molar-refractivity contribution < 1.29 is 22.8 Å². The number of nitrogens with one attached hydrogen (secondary N) is 2. The van der Waals surface area contributed by atoms with E-state index in [0.717, 1.165) is 30.7 Å². The number of halogens is 3. The normalized spacial score (nSPS) is 16.7. The Kier molecular flexibility index (Phi) is 6.84. The Hall–Kier alpha value is -3.07. The molecule has 0 saturated carbocycles. The highest BCUT2D eigenvalue weighted by atomic mass is 19.4. The molecular formula is C22H25F3N4O2. The van der Waals surface area contributed by atoms with Crippen molar-refractivity contribution in [2.45, 2.75) is 25.2 Å². The van der Waals surface area contributed by atoms with E-state index in [1.807, 2.05) is 0 Å². The van der Waals surface area contributed by atoms with Crippen molar-refractivity contribution >= 4 is 17.6 Å². The molecule has 0 bridgehead atoms. The smallest absolute Gasteiger partial charge is 0.345 e. The third-order valence-corrected chi connectivity index (χ3v) is 5.07. The summed E-state index contributed by atoms with van der Waals surface area (Å²) < 4.78 is 38.0. The molecule has 1 saturated heterocycles. The first kappa shape index (κ1) is 22.6. The summed E-state index contributed by atoms with van der Waals surface area (Å²) in [5, 5.41) is 5.65. The fourth-order valence-electron chi connectivity index (χ4n) is 3.49. The number of urea groups is 1. The van der Waals surface area contributed by atoms with Crippen LogP contribution < -0.4 is 10.6 Å². The molecule has 1 unspecified atom stereocenters. The topological polar surface area (TPSA) is 64.7 Å². The predicted molar refractivity (Wildman–Crippen MR) is 112 cm³/mol. The van der Waals surface area contributed by atoms with Crippen molar-refractivity contribution in [1.82, 2.24) is 15.1 Å². The van der Waals surface area contributed by atoms with Gasteiger partial charge in [0.25, 0.3) is 5.91 Å². The molecule has 3 amide bonds. The summed E-state index contributed by atoms with van der Waals surface area (Å²) in [7, 11) is 3.32. The highest BCUT2D eigenvalue weighted by molar-refractivity contribution is 5.96. The maximum Gasteiger partial charge on any atom is 0.416 e. The molecule has 1 atom stereocenters. The molecule has 31 heavy (non-hydrogen) atoms. The molecule has 0 aliphatic carbocycles. The molecule has 2 aromatic carbocycles. The molecule has 1 aliphatic heterocycles. The van der Waals surface area contributed by atoms with Gasteiger partial charge in [0.1, 0.15) is 0 Å². The van der Waals surface area contributed by atoms with Crippen molar-refractivity contribution in [3.05, 3.63) is 65.2 Å². The van der Waals surface area contributed by atoms with Gasteiger partial charge in [0.15, 0.2) is 0 Å². The van der Waals surface area contributed by atoms with E-state index in [9.17, 15) is 22.8 Å². The van der Waals surface area contributed by atoms with E-state index in [2.05, 4.69) is 15.5 Å². The molecule has 1 fully saturated rings. The van der Waals surface area contributed by atoms with Crippen LogP contribution in [0.15, 0.2) is 48.5 Å². The van der Waals surface area contributed by atoms with E-state index in [-0.39, 0.29) is 18.0 Å². The van der Waals surface area contributed by atoms with Gasteiger partial charge < -0.3 is 15.5 Å². The average molecular weight is 434 g/mol. The molecule has 0 aromatic heterocycles. The van der Waals surface area contributed by atoms with Crippen LogP contribution in [0.3, 0.4) is 0 Å². The van der Waals surface area contributed by atoms with Gasteiger partial charge in [0.05, 0.1) is 5.56 Å². The Morgan fingerprint density at radius 1 is 1.13 bits per heavy atom. The van der Waals surface area contributed by atoms with Crippen LogP contribution in [0.4, 0.5) is 23.7 Å². The number of carbonyl (C=O) groups is 2. The van der Waals surface area contributed by atoms with Crippen LogP contribution in [0, 0.1) is 0 Å². The molecule has 1 heterocycles. The number of likely N-dealkylation sites (tertiary alicyclic amines) is 1. The van der Waals surface area contributed by atoms with Crippen LogP contribution >= 0.6 is 0 Å². The number of benzene rings is 2. The summed E-state index contributed by atoms with van der Waals surface area (Å²) >= 11 is 0. The zero-order chi connectivity index (χ0) is 22.6. The summed E-state index contributed by atoms with van der Waals surface area (Å²) in [6.07, 6.45) is -3.60. The van der Waals surface area contributed by atoms with Crippen molar-refractivity contribution in [3.63, 3.8) is 0 Å². The van der Waals surface area contributed by atoms with Crippen LogP contribution in [0.2, 0.25) is 0 Å². The molecule has 2 N–H and O–H groups in total. The van der Waals surface area contributed by atoms with Gasteiger partial charge >= 0.3 is 12.2 Å². The van der Waals surface area contributed by atoms with E-state index in [1.165, 1.54) is 17.0 Å². The van der Waals surface area contributed by atoms with Crippen LogP contribution in [-0.4, -0.2) is 55.0 Å². The first-order valence-electron chi connectivity index (χ1n) is 9.89. The largest absolute Gasteiger partial charge is 0.416 e. The number of rotatable bonds is 5. The van der Waals surface area contributed by atoms with Gasteiger partial charge in [-0.2, -0.15) is 13.2 Å². The number of alkyl halides is 3. The van der Waals surface area contributed by atoms with Crippen LogP contribution in [0.5, 0.6) is 0 Å². The van der Waals surface area contributed by atoms with E-state index in [0.29, 0.717) is 24.3 Å². The lowest BCUT2D eigenvalue weighted by Crippen LogP contribution is -2.39. The summed E-state index contributed by atoms with van der Waals surface area (Å²) in [6, 6.07) is 11.4. The van der Waals surface area contributed by atoms with Crippen LogP contribution in [0.1, 0.15) is 27.9 Å². The Bertz CT molecular complexity index is 929. The second kappa shape index (κ2) is 9.38. The molecular weight excluding hydrogens is 409 g/mol. The van der Waals surface area contributed by atoms with Gasteiger partial charge in [-0.3, -0.25) is 9.69 Å². The summed E-state index contributed by atoms with van der Waals surface area (Å²) in [4.78, 5) is 27.9. The van der Waals surface area contributed by atoms with E-state index < -0.39 is 11.7 Å². The average Bonchev–Trinajstić information content (AvgIpc) is 3.13. The zero-order valence-electron chi connectivity index (χ0n) is 17.4. The van der Waals surface area contributed by atoms with Gasteiger partial charge in [-0.15, -0.1) is 0 Å². The second-order valence-electron chi connectivity index (χ2n) is 7.79. The quantitative estimate of drug-likeness (QED) is 0.753. The monoisotopic (exact) mass is 434 g/mol. The Balaban J connectivity index is 1.49. The van der Waals surface area contributed by atoms with E-state index >= 15 is 0 Å². The number of carbonyl (C=O) groups excluding carboxylic acids is 2. The molecule has 0 radical (unpaired) electrons. The minimum absolute atomic E-state index is 0.0685. The second-order valence-corrected chi connectivity index (χ2v) is 7.79. The number of anilines is 1. The number of hydrogen-bond donors (Lipinski definition) is 2. The van der Waals surface area contributed by atoms with E-state index in [4.69, 9.17) is 0 Å². The lowest BCUT2D eigenvalue weighted by Gasteiger charge is -2.18. The Labute approximate surface area is 179 Å². The van der Waals surface area contributed by atoms with Crippen molar-refractivity contribution in [3.8, 4) is 0 Å². The molecule has 0 spiro atoms. The standard InChI is InChI=1S/C22H25F3N4O2/c1-28(2)20(30)16-4-3-5-18(12-16)26-21(31)27-19-10-11-29(14-19)13-15-6-8-17(9-7-15)22(23,24)25/h3-9,12,19H,10-11,13-14H2,1-2H3,(H2,26,27,31). The lowest BCUT2D eigenvalue weighted by atomic mass is 10.1. The minimum Gasteiger partial charge on any atom is -0.345 e. The number of amides is 3. The fourth-order valence-corrected chi connectivity index (χ4v) is 3.49. The first-order chi connectivity index (χ1) is 14.6. The summed E-state index contributed by atoms with van der Waals surface area (Å²) in [5.74, 6) is -0.154. The third-order valence-electron chi connectivity index (χ3n) is 5.07. The van der Waals surface area contributed by atoms with Crippen molar-refractivity contribution in [2.75, 3.05) is 32.5 Å². The highest BCUT2D eigenvalue weighted by Gasteiger charge is 2.30. The van der Waals surface area contributed by atoms with Gasteiger partial charge in [-0.05, 0) is 42.3 Å². The maximum absolute atomic E-state index is 12.7.